The highest BCUT2D eigenvalue weighted by Gasteiger charge is 2.30. The van der Waals surface area contributed by atoms with Gasteiger partial charge >= 0.3 is 6.18 Å². The highest BCUT2D eigenvalue weighted by atomic mass is 127. The summed E-state index contributed by atoms with van der Waals surface area (Å²) < 4.78 is 44.5. The van der Waals surface area contributed by atoms with Crippen molar-refractivity contribution in [3.63, 3.8) is 0 Å². The minimum Gasteiger partial charge on any atom is -0.496 e. The number of rotatable bonds is 5. The van der Waals surface area contributed by atoms with Crippen molar-refractivity contribution in [2.75, 3.05) is 17.7 Å². The highest BCUT2D eigenvalue weighted by Crippen LogP contribution is 2.30. The number of methoxy groups -OCH3 is 1. The maximum absolute atomic E-state index is 12.8. The van der Waals surface area contributed by atoms with Crippen LogP contribution in [-0.2, 0) is 6.18 Å². The maximum Gasteiger partial charge on any atom is 0.416 e. The summed E-state index contributed by atoms with van der Waals surface area (Å²) >= 11 is 7.22. The molecule has 0 aliphatic carbocycles. The van der Waals surface area contributed by atoms with Crippen molar-refractivity contribution in [3.05, 3.63) is 87.0 Å². The Morgan fingerprint density at radius 3 is 2.18 bits per heavy atom. The van der Waals surface area contributed by atoms with Crippen molar-refractivity contribution in [3.8, 4) is 5.75 Å². The van der Waals surface area contributed by atoms with Gasteiger partial charge in [0, 0.05) is 22.5 Å². The van der Waals surface area contributed by atoms with E-state index in [2.05, 4.69) is 38.5 Å². The van der Waals surface area contributed by atoms with E-state index in [0.717, 1.165) is 15.7 Å². The van der Waals surface area contributed by atoms with Gasteiger partial charge in [0.2, 0.25) is 0 Å². The van der Waals surface area contributed by atoms with E-state index in [4.69, 9.17) is 17.0 Å². The molecular weight excluding hydrogens is 582 g/mol. The minimum atomic E-state index is -4.51. The predicted molar refractivity (Wildman–Crippen MR) is 135 cm³/mol. The second-order valence-corrected chi connectivity index (χ2v) is 8.44. The Morgan fingerprint density at radius 2 is 1.56 bits per heavy atom. The van der Waals surface area contributed by atoms with Gasteiger partial charge in [-0.3, -0.25) is 14.9 Å². The Labute approximate surface area is 212 Å². The van der Waals surface area contributed by atoms with Crippen molar-refractivity contribution in [1.29, 1.82) is 0 Å². The van der Waals surface area contributed by atoms with Crippen molar-refractivity contribution < 1.29 is 27.5 Å². The van der Waals surface area contributed by atoms with Gasteiger partial charge < -0.3 is 15.4 Å². The van der Waals surface area contributed by atoms with E-state index in [1.165, 1.54) is 31.4 Å². The molecular formula is C23H17F3IN3O3S. The van der Waals surface area contributed by atoms with Crippen LogP contribution in [0.2, 0.25) is 0 Å². The zero-order valence-electron chi connectivity index (χ0n) is 17.5. The van der Waals surface area contributed by atoms with Gasteiger partial charge in [-0.25, -0.2) is 0 Å². The lowest BCUT2D eigenvalue weighted by molar-refractivity contribution is -0.137. The molecule has 3 aromatic carbocycles. The third-order valence-corrected chi connectivity index (χ3v) is 5.54. The molecule has 3 N–H and O–H groups in total. The summed E-state index contributed by atoms with van der Waals surface area (Å²) in [5.41, 5.74) is 0.302. The predicted octanol–water partition coefficient (Wildman–Crippen LogP) is 5.70. The molecule has 176 valence electrons. The molecule has 0 saturated heterocycles. The molecule has 0 unspecified atom stereocenters. The zero-order valence-corrected chi connectivity index (χ0v) is 20.5. The van der Waals surface area contributed by atoms with Crippen LogP contribution in [0, 0.1) is 3.57 Å². The first-order valence-corrected chi connectivity index (χ1v) is 11.1. The molecule has 11 heteroatoms. The summed E-state index contributed by atoms with van der Waals surface area (Å²) in [5, 5.41) is 7.89. The average Bonchev–Trinajstić information content (AvgIpc) is 2.79. The molecule has 2 amide bonds. The quantitative estimate of drug-likeness (QED) is 0.259. The second kappa shape index (κ2) is 10.8. The number of alkyl halides is 3. The van der Waals surface area contributed by atoms with E-state index in [-0.39, 0.29) is 16.4 Å². The summed E-state index contributed by atoms with van der Waals surface area (Å²) in [6.07, 6.45) is -4.51. The fraction of sp³-hybridized carbons (Fsp3) is 0.0870. The van der Waals surface area contributed by atoms with Crippen molar-refractivity contribution >= 4 is 63.1 Å². The molecule has 0 radical (unpaired) electrons. The van der Waals surface area contributed by atoms with Gasteiger partial charge in [0.15, 0.2) is 5.11 Å². The van der Waals surface area contributed by atoms with Gasteiger partial charge in [-0.1, -0.05) is 6.07 Å². The summed E-state index contributed by atoms with van der Waals surface area (Å²) in [7, 11) is 1.54. The van der Waals surface area contributed by atoms with Crippen molar-refractivity contribution in [1.82, 2.24) is 5.32 Å². The van der Waals surface area contributed by atoms with Crippen LogP contribution in [0.3, 0.4) is 0 Å². The number of hydrogen-bond donors (Lipinski definition) is 3. The number of benzene rings is 3. The molecule has 0 heterocycles. The number of halogens is 4. The number of carbonyl (C=O) groups is 2. The van der Waals surface area contributed by atoms with E-state index < -0.39 is 23.6 Å². The average molecular weight is 599 g/mol. The van der Waals surface area contributed by atoms with Crippen LogP contribution in [0.1, 0.15) is 26.3 Å². The minimum absolute atomic E-state index is 0.0270. The van der Waals surface area contributed by atoms with E-state index in [1.807, 2.05) is 0 Å². The Bertz CT molecular complexity index is 1230. The summed E-state index contributed by atoms with van der Waals surface area (Å²) in [6.45, 7) is 0. The Balaban J connectivity index is 1.59. The zero-order chi connectivity index (χ0) is 24.9. The fourth-order valence-corrected chi connectivity index (χ4v) is 3.77. The van der Waals surface area contributed by atoms with Crippen LogP contribution < -0.4 is 20.7 Å². The largest absolute Gasteiger partial charge is 0.496 e. The monoisotopic (exact) mass is 599 g/mol. The first-order chi connectivity index (χ1) is 16.1. The SMILES string of the molecule is COc1ccc(C(=O)NC(=S)Nc2ccc(C(=O)Nc3cccc(C(F)(F)F)c3)cc2)cc1I. The van der Waals surface area contributed by atoms with Crippen molar-refractivity contribution in [2.45, 2.75) is 6.18 Å². The first kappa shape index (κ1) is 25.4. The van der Waals surface area contributed by atoms with Gasteiger partial charge in [0.25, 0.3) is 11.8 Å². The molecule has 34 heavy (non-hydrogen) atoms. The van der Waals surface area contributed by atoms with Crippen LogP contribution in [-0.4, -0.2) is 24.0 Å². The standard InChI is InChI=1S/C23H17F3IN3O3S/c1-33-19-10-7-14(11-18(19)27)21(32)30-22(34)29-16-8-5-13(6-9-16)20(31)28-17-4-2-3-15(12-17)23(24,25)26/h2-12H,1H3,(H,28,31)(H2,29,30,32,34). The fourth-order valence-electron chi connectivity index (χ4n) is 2.83. The molecule has 0 aliphatic rings. The number of anilines is 2. The van der Waals surface area contributed by atoms with Crippen molar-refractivity contribution in [2.24, 2.45) is 0 Å². The molecule has 0 atom stereocenters. The van der Waals surface area contributed by atoms with Gasteiger partial charge in [-0.15, -0.1) is 0 Å². The number of carbonyl (C=O) groups excluding carboxylic acids is 2. The van der Waals surface area contributed by atoms with Crippen LogP contribution >= 0.6 is 34.8 Å². The van der Waals surface area contributed by atoms with Crippen LogP contribution in [0.25, 0.3) is 0 Å². The lowest BCUT2D eigenvalue weighted by atomic mass is 10.1. The van der Waals surface area contributed by atoms with E-state index in [0.29, 0.717) is 17.0 Å². The molecule has 0 aliphatic heterocycles. The Morgan fingerprint density at radius 1 is 0.882 bits per heavy atom. The van der Waals surface area contributed by atoms with Crippen LogP contribution in [0.15, 0.2) is 66.7 Å². The lowest BCUT2D eigenvalue weighted by Crippen LogP contribution is -2.34. The van der Waals surface area contributed by atoms with Gasteiger partial charge in [0.1, 0.15) is 5.75 Å². The molecule has 3 rings (SSSR count). The summed E-state index contributed by atoms with van der Waals surface area (Å²) in [4.78, 5) is 24.8. The van der Waals surface area contributed by atoms with Crippen LogP contribution in [0.5, 0.6) is 5.75 Å². The second-order valence-electron chi connectivity index (χ2n) is 6.87. The number of thiocarbonyl (C=S) groups is 1. The van der Waals surface area contributed by atoms with Crippen LogP contribution in [0.4, 0.5) is 24.5 Å². The highest BCUT2D eigenvalue weighted by molar-refractivity contribution is 14.1. The molecule has 0 saturated carbocycles. The molecule has 0 fully saturated rings. The molecule has 6 nitrogen and oxygen atoms in total. The number of nitrogens with one attached hydrogen (secondary N) is 3. The normalized spacial score (nSPS) is 10.9. The summed E-state index contributed by atoms with van der Waals surface area (Å²) in [6, 6.07) is 15.4. The third kappa shape index (κ3) is 6.67. The Kier molecular flexibility index (Phi) is 8.10. The number of hydrogen-bond acceptors (Lipinski definition) is 4. The maximum atomic E-state index is 12.8. The molecule has 3 aromatic rings. The Hall–Kier alpha value is -3.19. The smallest absolute Gasteiger partial charge is 0.416 e. The van der Waals surface area contributed by atoms with Gasteiger partial charge in [-0.2, -0.15) is 13.2 Å². The van der Waals surface area contributed by atoms with E-state index >= 15 is 0 Å². The van der Waals surface area contributed by atoms with E-state index in [9.17, 15) is 22.8 Å². The van der Waals surface area contributed by atoms with E-state index in [1.54, 1.807) is 30.3 Å². The molecule has 0 spiro atoms. The third-order valence-electron chi connectivity index (χ3n) is 4.49. The first-order valence-electron chi connectivity index (χ1n) is 9.61. The molecule has 0 aromatic heterocycles. The van der Waals surface area contributed by atoms with Gasteiger partial charge in [0.05, 0.1) is 16.2 Å². The van der Waals surface area contributed by atoms with Gasteiger partial charge in [-0.05, 0) is 95.5 Å². The number of amides is 2. The molecule has 0 bridgehead atoms. The topological polar surface area (TPSA) is 79.5 Å². The summed E-state index contributed by atoms with van der Waals surface area (Å²) in [5.74, 6) is -0.332. The number of ether oxygens (including phenoxy) is 1. The lowest BCUT2D eigenvalue weighted by Gasteiger charge is -2.12.